The van der Waals surface area contributed by atoms with Crippen molar-refractivity contribution in [2.45, 2.75) is 59.0 Å². The van der Waals surface area contributed by atoms with Crippen molar-refractivity contribution in [3.8, 4) is 0 Å². The molecule has 0 aliphatic heterocycles. The minimum Gasteiger partial charge on any atom is -0.481 e. The molecule has 1 aromatic rings. The number of rotatable bonds is 8. The Labute approximate surface area is 119 Å². The summed E-state index contributed by atoms with van der Waals surface area (Å²) in [6, 6.07) is 1.43. The van der Waals surface area contributed by atoms with E-state index in [2.05, 4.69) is 10.4 Å². The summed E-state index contributed by atoms with van der Waals surface area (Å²) in [6.07, 6.45) is 2.19. The SMILES string of the molecule is CCCC(CC(=O)O)NC(=O)c1cc(CC)nn1CC. The van der Waals surface area contributed by atoms with Crippen molar-refractivity contribution in [3.63, 3.8) is 0 Å². The number of amides is 1. The first-order valence-corrected chi connectivity index (χ1v) is 7.11. The van der Waals surface area contributed by atoms with Gasteiger partial charge in [0.05, 0.1) is 12.1 Å². The van der Waals surface area contributed by atoms with Crippen molar-refractivity contribution < 1.29 is 14.7 Å². The largest absolute Gasteiger partial charge is 0.481 e. The van der Waals surface area contributed by atoms with Crippen molar-refractivity contribution in [2.24, 2.45) is 0 Å². The van der Waals surface area contributed by atoms with Gasteiger partial charge in [0.15, 0.2) is 0 Å². The minimum atomic E-state index is -0.901. The van der Waals surface area contributed by atoms with Gasteiger partial charge in [-0.25, -0.2) is 0 Å². The van der Waals surface area contributed by atoms with Gasteiger partial charge in [0.1, 0.15) is 5.69 Å². The Kier molecular flexibility index (Phi) is 6.21. The maximum atomic E-state index is 12.3. The van der Waals surface area contributed by atoms with E-state index in [0.29, 0.717) is 18.7 Å². The number of carboxylic acids is 1. The fourth-order valence-electron chi connectivity index (χ4n) is 2.11. The molecule has 1 amide bonds. The Bertz CT molecular complexity index is 468. The molecule has 1 heterocycles. The summed E-state index contributed by atoms with van der Waals surface area (Å²) in [5, 5.41) is 16.0. The summed E-state index contributed by atoms with van der Waals surface area (Å²) in [5.41, 5.74) is 1.36. The van der Waals surface area contributed by atoms with Gasteiger partial charge >= 0.3 is 5.97 Å². The molecular weight excluding hydrogens is 258 g/mol. The van der Waals surface area contributed by atoms with Gasteiger partial charge in [0.2, 0.25) is 0 Å². The maximum Gasteiger partial charge on any atom is 0.305 e. The van der Waals surface area contributed by atoms with E-state index >= 15 is 0 Å². The van der Waals surface area contributed by atoms with Crippen LogP contribution in [0.1, 0.15) is 56.2 Å². The molecule has 0 radical (unpaired) electrons. The monoisotopic (exact) mass is 281 g/mol. The molecular formula is C14H23N3O3. The molecule has 6 nitrogen and oxygen atoms in total. The van der Waals surface area contributed by atoms with Crippen molar-refractivity contribution in [2.75, 3.05) is 0 Å². The zero-order valence-electron chi connectivity index (χ0n) is 12.3. The van der Waals surface area contributed by atoms with E-state index in [4.69, 9.17) is 5.11 Å². The third-order valence-electron chi connectivity index (χ3n) is 3.12. The first-order chi connectivity index (χ1) is 9.51. The number of hydrogen-bond donors (Lipinski definition) is 2. The highest BCUT2D eigenvalue weighted by Gasteiger charge is 2.19. The molecule has 0 spiro atoms. The van der Waals surface area contributed by atoms with E-state index in [0.717, 1.165) is 18.5 Å². The van der Waals surface area contributed by atoms with Crippen LogP contribution in [0.15, 0.2) is 6.07 Å². The number of aliphatic carboxylic acids is 1. The summed E-state index contributed by atoms with van der Waals surface area (Å²) in [5.74, 6) is -1.15. The summed E-state index contributed by atoms with van der Waals surface area (Å²) >= 11 is 0. The van der Waals surface area contributed by atoms with Crippen LogP contribution in [0.4, 0.5) is 0 Å². The highest BCUT2D eigenvalue weighted by atomic mass is 16.4. The molecule has 0 aliphatic rings. The lowest BCUT2D eigenvalue weighted by atomic mass is 10.1. The van der Waals surface area contributed by atoms with Gasteiger partial charge in [0.25, 0.3) is 5.91 Å². The third-order valence-corrected chi connectivity index (χ3v) is 3.12. The summed E-state index contributed by atoms with van der Waals surface area (Å²) in [4.78, 5) is 23.1. The van der Waals surface area contributed by atoms with Gasteiger partial charge in [0, 0.05) is 12.6 Å². The van der Waals surface area contributed by atoms with Crippen LogP contribution in [0.25, 0.3) is 0 Å². The fourth-order valence-corrected chi connectivity index (χ4v) is 2.11. The molecule has 1 atom stereocenters. The average molecular weight is 281 g/mol. The normalized spacial score (nSPS) is 12.2. The van der Waals surface area contributed by atoms with Crippen LogP contribution < -0.4 is 5.32 Å². The number of carbonyl (C=O) groups excluding carboxylic acids is 1. The number of aromatic nitrogens is 2. The van der Waals surface area contributed by atoms with Crippen LogP contribution in [-0.2, 0) is 17.8 Å². The van der Waals surface area contributed by atoms with Crippen molar-refractivity contribution >= 4 is 11.9 Å². The van der Waals surface area contributed by atoms with E-state index < -0.39 is 5.97 Å². The summed E-state index contributed by atoms with van der Waals surface area (Å²) in [6.45, 7) is 6.48. The highest BCUT2D eigenvalue weighted by Crippen LogP contribution is 2.08. The van der Waals surface area contributed by atoms with Crippen LogP contribution in [-0.4, -0.2) is 32.8 Å². The highest BCUT2D eigenvalue weighted by molar-refractivity contribution is 5.93. The Hall–Kier alpha value is -1.85. The second-order valence-corrected chi connectivity index (χ2v) is 4.75. The lowest BCUT2D eigenvalue weighted by molar-refractivity contribution is -0.137. The molecule has 1 unspecified atom stereocenters. The van der Waals surface area contributed by atoms with Gasteiger partial charge < -0.3 is 10.4 Å². The lowest BCUT2D eigenvalue weighted by Crippen LogP contribution is -2.37. The Balaban J connectivity index is 2.82. The Morgan fingerprint density at radius 2 is 2.10 bits per heavy atom. The van der Waals surface area contributed by atoms with E-state index in [1.54, 1.807) is 10.7 Å². The number of carboxylic acid groups (broad SMARTS) is 1. The van der Waals surface area contributed by atoms with Crippen molar-refractivity contribution in [3.05, 3.63) is 17.5 Å². The van der Waals surface area contributed by atoms with Crippen LogP contribution in [0.3, 0.4) is 0 Å². The van der Waals surface area contributed by atoms with Crippen LogP contribution in [0, 0.1) is 0 Å². The second kappa shape index (κ2) is 7.67. The average Bonchev–Trinajstić information content (AvgIpc) is 2.81. The molecule has 0 saturated heterocycles. The molecule has 20 heavy (non-hydrogen) atoms. The molecule has 0 aliphatic carbocycles. The number of nitrogens with zero attached hydrogens (tertiary/aromatic N) is 2. The van der Waals surface area contributed by atoms with Crippen LogP contribution >= 0.6 is 0 Å². The molecule has 6 heteroatoms. The van der Waals surface area contributed by atoms with E-state index in [-0.39, 0.29) is 18.4 Å². The smallest absolute Gasteiger partial charge is 0.305 e. The quantitative estimate of drug-likeness (QED) is 0.761. The van der Waals surface area contributed by atoms with E-state index in [1.807, 2.05) is 20.8 Å². The first-order valence-electron chi connectivity index (χ1n) is 7.11. The molecule has 0 bridgehead atoms. The molecule has 0 saturated carbocycles. The Morgan fingerprint density at radius 3 is 2.60 bits per heavy atom. The van der Waals surface area contributed by atoms with Gasteiger partial charge in [-0.05, 0) is 25.8 Å². The first kappa shape index (κ1) is 16.2. The molecule has 112 valence electrons. The number of carbonyl (C=O) groups is 2. The topological polar surface area (TPSA) is 84.2 Å². The van der Waals surface area contributed by atoms with Gasteiger partial charge in [-0.2, -0.15) is 5.10 Å². The maximum absolute atomic E-state index is 12.3. The van der Waals surface area contributed by atoms with E-state index in [1.165, 1.54) is 0 Å². The zero-order valence-corrected chi connectivity index (χ0v) is 12.3. The van der Waals surface area contributed by atoms with Gasteiger partial charge in [-0.3, -0.25) is 14.3 Å². The fraction of sp³-hybridized carbons (Fsp3) is 0.643. The lowest BCUT2D eigenvalue weighted by Gasteiger charge is -2.16. The molecule has 1 aromatic heterocycles. The van der Waals surface area contributed by atoms with E-state index in [9.17, 15) is 9.59 Å². The van der Waals surface area contributed by atoms with Crippen LogP contribution in [0.5, 0.6) is 0 Å². The third kappa shape index (κ3) is 4.36. The summed E-state index contributed by atoms with van der Waals surface area (Å²) < 4.78 is 1.65. The van der Waals surface area contributed by atoms with Crippen LogP contribution in [0.2, 0.25) is 0 Å². The molecule has 0 aromatic carbocycles. The van der Waals surface area contributed by atoms with Crippen molar-refractivity contribution in [1.82, 2.24) is 15.1 Å². The molecule has 0 fully saturated rings. The molecule has 1 rings (SSSR count). The predicted molar refractivity (Wildman–Crippen MR) is 75.7 cm³/mol. The summed E-state index contributed by atoms with van der Waals surface area (Å²) in [7, 11) is 0. The zero-order chi connectivity index (χ0) is 15.1. The number of aryl methyl sites for hydroxylation is 2. The second-order valence-electron chi connectivity index (χ2n) is 4.75. The number of hydrogen-bond acceptors (Lipinski definition) is 3. The Morgan fingerprint density at radius 1 is 1.40 bits per heavy atom. The van der Waals surface area contributed by atoms with Gasteiger partial charge in [-0.15, -0.1) is 0 Å². The standard InChI is InChI=1S/C14H23N3O3/c1-4-7-11(9-13(18)19)15-14(20)12-8-10(5-2)16-17(12)6-3/h8,11H,4-7,9H2,1-3H3,(H,15,20)(H,18,19). The number of nitrogens with one attached hydrogen (secondary N) is 1. The van der Waals surface area contributed by atoms with Crippen molar-refractivity contribution in [1.29, 1.82) is 0 Å². The predicted octanol–water partition coefficient (Wildman–Crippen LogP) is 1.84. The van der Waals surface area contributed by atoms with Gasteiger partial charge in [-0.1, -0.05) is 20.3 Å². The minimum absolute atomic E-state index is 0.0551. The molecule has 2 N–H and O–H groups in total.